The maximum Gasteiger partial charge on any atom is 0.0764 e. The summed E-state index contributed by atoms with van der Waals surface area (Å²) in [5.41, 5.74) is 0. The highest BCUT2D eigenvalue weighted by Crippen LogP contribution is 2.15. The first-order valence-electron chi connectivity index (χ1n) is 10.2. The van der Waals surface area contributed by atoms with Gasteiger partial charge in [0.05, 0.1) is 19.5 Å². The third kappa shape index (κ3) is 10.8. The van der Waals surface area contributed by atoms with Crippen molar-refractivity contribution in [2.75, 3.05) is 0 Å². The van der Waals surface area contributed by atoms with Gasteiger partial charge >= 0.3 is 0 Å². The summed E-state index contributed by atoms with van der Waals surface area (Å²) in [4.78, 5) is 3.45. The molecule has 0 saturated heterocycles. The van der Waals surface area contributed by atoms with Crippen molar-refractivity contribution in [1.29, 1.82) is 0 Å². The number of hydrogen-bond acceptors (Lipinski definition) is 6. The van der Waals surface area contributed by atoms with Gasteiger partial charge in [0, 0.05) is 9.73 Å². The van der Waals surface area contributed by atoms with Crippen LogP contribution in [0, 0.1) is 0 Å². The Morgan fingerprint density at radius 1 is 0.296 bits per heavy atom. The summed E-state index contributed by atoms with van der Waals surface area (Å²) >= 11 is 32.9. The molecule has 1 saturated carbocycles. The third-order valence-electron chi connectivity index (χ3n) is 4.93. The van der Waals surface area contributed by atoms with Gasteiger partial charge in [-0.2, -0.15) is 0 Å². The molecule has 1 rings (SSSR count). The molecule has 0 nitrogen and oxygen atoms in total. The lowest BCUT2D eigenvalue weighted by Gasteiger charge is -2.11. The predicted molar refractivity (Wildman–Crippen MR) is 145 cm³/mol. The Kier molecular flexibility index (Phi) is 14.6. The minimum atomic E-state index is 0.447. The lowest BCUT2D eigenvalue weighted by molar-refractivity contribution is 0.540. The zero-order valence-corrected chi connectivity index (χ0v) is 21.0. The first-order valence-corrected chi connectivity index (χ1v) is 12.6. The van der Waals surface area contributed by atoms with E-state index in [1.165, 1.54) is 70.6 Å². The van der Waals surface area contributed by atoms with Crippen LogP contribution in [0.4, 0.5) is 0 Å². The maximum absolute atomic E-state index is 5.49. The second kappa shape index (κ2) is 15.4. The second-order valence-electron chi connectivity index (χ2n) is 7.26. The Bertz CT molecular complexity index is 525. The average Bonchev–Trinajstić information content (AvgIpc) is 2.67. The Labute approximate surface area is 197 Å². The van der Waals surface area contributed by atoms with Gasteiger partial charge in [0.1, 0.15) is 0 Å². The van der Waals surface area contributed by atoms with Gasteiger partial charge in [0.25, 0.3) is 0 Å². The molecule has 0 radical (unpaired) electrons. The molecular formula is C21H30S6. The summed E-state index contributed by atoms with van der Waals surface area (Å²) in [6.07, 6.45) is 18.2. The van der Waals surface area contributed by atoms with Crippen LogP contribution in [0.5, 0.6) is 0 Å². The van der Waals surface area contributed by atoms with Crippen LogP contribution in [0.3, 0.4) is 0 Å². The van der Waals surface area contributed by atoms with E-state index in [2.05, 4.69) is 0 Å². The standard InChI is InChI=1S/C21H30S6/c22-16-14-12-10-8-6-4-2-1-3-5-7-9-11-13-15-17(23)19(25)21(27)20(26)18(16)24/h1-15H2. The van der Waals surface area contributed by atoms with Crippen LogP contribution in [-0.2, 0) is 0 Å². The first kappa shape index (κ1) is 25.6. The highest BCUT2D eigenvalue weighted by molar-refractivity contribution is 8.02. The zero-order chi connectivity index (χ0) is 20.1. The van der Waals surface area contributed by atoms with E-state index in [1.807, 2.05) is 0 Å². The molecule has 1 fully saturated rings. The molecule has 150 valence electrons. The number of thiocarbonyl (C=S) groups is 6. The van der Waals surface area contributed by atoms with Gasteiger partial charge < -0.3 is 0 Å². The Balaban J connectivity index is 2.61. The average molecular weight is 475 g/mol. The molecule has 0 aromatic rings. The third-order valence-corrected chi connectivity index (χ3v) is 8.11. The highest BCUT2D eigenvalue weighted by Gasteiger charge is 2.20. The van der Waals surface area contributed by atoms with Crippen molar-refractivity contribution in [2.45, 2.75) is 96.3 Å². The first-order chi connectivity index (χ1) is 12.9. The Morgan fingerprint density at radius 3 is 0.778 bits per heavy atom. The molecule has 0 heterocycles. The molecule has 0 unspecified atom stereocenters. The SMILES string of the molecule is S=C1CCCCCCCCCCCCCCCC(=S)C(=S)C(=S)C(=S)C1=S. The van der Waals surface area contributed by atoms with E-state index in [0.29, 0.717) is 19.5 Å². The summed E-state index contributed by atoms with van der Waals surface area (Å²) in [5.74, 6) is 0. The van der Waals surface area contributed by atoms with Gasteiger partial charge in [-0.05, 0) is 25.7 Å². The van der Waals surface area contributed by atoms with Crippen molar-refractivity contribution >= 4 is 102 Å². The molecule has 0 bridgehead atoms. The number of rotatable bonds is 0. The minimum Gasteiger partial charge on any atom is -0.0833 e. The topological polar surface area (TPSA) is 0 Å². The Morgan fingerprint density at radius 2 is 0.519 bits per heavy atom. The van der Waals surface area contributed by atoms with Gasteiger partial charge in [-0.25, -0.2) is 0 Å². The van der Waals surface area contributed by atoms with Crippen molar-refractivity contribution < 1.29 is 0 Å². The van der Waals surface area contributed by atoms with Crippen molar-refractivity contribution in [1.82, 2.24) is 0 Å². The largest absolute Gasteiger partial charge is 0.0833 e. The molecule has 0 N–H and O–H groups in total. The van der Waals surface area contributed by atoms with Crippen molar-refractivity contribution in [3.63, 3.8) is 0 Å². The summed E-state index contributed by atoms with van der Waals surface area (Å²) < 4.78 is 0. The highest BCUT2D eigenvalue weighted by atomic mass is 32.1. The summed E-state index contributed by atoms with van der Waals surface area (Å²) in [5, 5.41) is 0. The molecule has 0 spiro atoms. The van der Waals surface area contributed by atoms with Crippen molar-refractivity contribution in [3.8, 4) is 0 Å². The quantitative estimate of drug-likeness (QED) is 0.323. The van der Waals surface area contributed by atoms with Crippen LogP contribution in [0.15, 0.2) is 0 Å². The maximum atomic E-state index is 5.49. The Hall–Kier alpha value is 0.540. The lowest BCUT2D eigenvalue weighted by Crippen LogP contribution is -2.32. The smallest absolute Gasteiger partial charge is 0.0764 e. The molecule has 27 heavy (non-hydrogen) atoms. The van der Waals surface area contributed by atoms with E-state index >= 15 is 0 Å². The molecule has 1 aliphatic rings. The van der Waals surface area contributed by atoms with Crippen LogP contribution in [0.1, 0.15) is 96.3 Å². The molecule has 0 aromatic heterocycles. The van der Waals surface area contributed by atoms with Crippen LogP contribution in [0.25, 0.3) is 0 Å². The normalized spacial score (nSPS) is 21.8. The van der Waals surface area contributed by atoms with E-state index < -0.39 is 0 Å². The van der Waals surface area contributed by atoms with Crippen molar-refractivity contribution in [3.05, 3.63) is 0 Å². The van der Waals surface area contributed by atoms with Gasteiger partial charge in [-0.15, -0.1) is 0 Å². The van der Waals surface area contributed by atoms with Crippen LogP contribution < -0.4 is 0 Å². The fourth-order valence-corrected chi connectivity index (χ4v) is 4.81. The minimum absolute atomic E-state index is 0.447. The van der Waals surface area contributed by atoms with Crippen LogP contribution >= 0.6 is 73.3 Å². The molecule has 0 amide bonds. The monoisotopic (exact) mass is 474 g/mol. The molecule has 1 aliphatic carbocycles. The molecule has 0 aromatic carbocycles. The van der Waals surface area contributed by atoms with E-state index in [9.17, 15) is 0 Å². The zero-order valence-electron chi connectivity index (χ0n) is 16.1. The van der Waals surface area contributed by atoms with Gasteiger partial charge in [-0.1, -0.05) is 144 Å². The summed E-state index contributed by atoms with van der Waals surface area (Å²) in [6, 6.07) is 0. The van der Waals surface area contributed by atoms with E-state index in [4.69, 9.17) is 73.3 Å². The molecule has 0 atom stereocenters. The summed E-state index contributed by atoms with van der Waals surface area (Å²) in [7, 11) is 0. The molecule has 6 heteroatoms. The lowest BCUT2D eigenvalue weighted by atomic mass is 10.0. The second-order valence-corrected chi connectivity index (χ2v) is 9.88. The van der Waals surface area contributed by atoms with Gasteiger partial charge in [0.2, 0.25) is 0 Å². The molecule has 0 aliphatic heterocycles. The van der Waals surface area contributed by atoms with Crippen LogP contribution in [-0.4, -0.2) is 29.2 Å². The van der Waals surface area contributed by atoms with E-state index in [-0.39, 0.29) is 0 Å². The van der Waals surface area contributed by atoms with Gasteiger partial charge in [-0.3, -0.25) is 0 Å². The van der Waals surface area contributed by atoms with Crippen molar-refractivity contribution in [2.24, 2.45) is 0 Å². The predicted octanol–water partition coefficient (Wildman–Crippen LogP) is 8.07. The van der Waals surface area contributed by atoms with E-state index in [1.54, 1.807) is 0 Å². The van der Waals surface area contributed by atoms with Crippen LogP contribution in [0.2, 0.25) is 0 Å². The summed E-state index contributed by atoms with van der Waals surface area (Å²) in [6.45, 7) is 0. The fourth-order valence-electron chi connectivity index (χ4n) is 3.20. The van der Waals surface area contributed by atoms with Gasteiger partial charge in [0.15, 0.2) is 0 Å². The fraction of sp³-hybridized carbons (Fsp3) is 0.714. The number of hydrogen-bond donors (Lipinski definition) is 0. The van der Waals surface area contributed by atoms with E-state index in [0.717, 1.165) is 35.4 Å². The molecular weight excluding hydrogens is 445 g/mol.